The molecular formula is C47H59Cl2F2N4Na3O21S2. The summed E-state index contributed by atoms with van der Waals surface area (Å²) >= 11 is 12.3. The number of sulfonamides is 2. The second-order valence-corrected chi connectivity index (χ2v) is 21.5. The third kappa shape index (κ3) is 22.2. The first-order valence-corrected chi connectivity index (χ1v) is 27.7. The minimum Gasteiger partial charge on any atom is -1.00 e. The second-order valence-electron chi connectivity index (χ2n) is 16.6. The van der Waals surface area contributed by atoms with Crippen LogP contribution in [0, 0.1) is 11.6 Å². The molecule has 2 saturated heterocycles. The number of likely N-dealkylation sites (tertiary alicyclic amines) is 2. The van der Waals surface area contributed by atoms with Gasteiger partial charge in [-0.2, -0.15) is 0 Å². The maximum Gasteiger partial charge on any atom is 1.00 e. The first-order chi connectivity index (χ1) is 37.0. The molecule has 2 aliphatic heterocycles. The van der Waals surface area contributed by atoms with Gasteiger partial charge in [-0.3, -0.25) is 19.9 Å². The predicted octanol–water partition coefficient (Wildman–Crippen LogP) is -4.68. The van der Waals surface area contributed by atoms with Gasteiger partial charge in [-0.1, -0.05) is 35.4 Å². The Hall–Kier alpha value is -3.37. The average molecular weight is 1260 g/mol. The van der Waals surface area contributed by atoms with E-state index in [9.17, 15) is 64.6 Å². The zero-order valence-electron chi connectivity index (χ0n) is 46.3. The van der Waals surface area contributed by atoms with Gasteiger partial charge in [-0.05, 0) is 121 Å². The Morgan fingerprint density at radius 1 is 0.679 bits per heavy atom. The molecule has 81 heavy (non-hydrogen) atoms. The van der Waals surface area contributed by atoms with Gasteiger partial charge in [0.25, 0.3) is 6.47 Å². The SMILES string of the molecule is CCOC(=O)C1=CCCCC1S(=O)(=O)N(COC(=O)N1CCC[C@H]1C(=O)O)c1ccc(F)cc1Cl.CCOC(=O)C1=CCCCC1S(=O)(=O)N(COC(=O)N1CCC[C@H]1C(=O)[O-])c1ccc(F)cc1Cl.CCOO.O=CO[O-].[H-].[Na+].[Na+].[Na+]. The normalized spacial score (nSPS) is 18.1. The molecule has 25 nitrogen and oxygen atoms in total. The van der Waals surface area contributed by atoms with Gasteiger partial charge in [0, 0.05) is 13.1 Å². The molecular weight excluding hydrogens is 1200 g/mol. The van der Waals surface area contributed by atoms with Crippen LogP contribution in [0.25, 0.3) is 0 Å². The van der Waals surface area contributed by atoms with Crippen molar-refractivity contribution < 1.29 is 199 Å². The standard InChI is InChI=1S/2C22H26ClFN2O8S.C2H6O2.CH2O3.3Na.H/c2*1-2-33-21(29)15-6-3-4-8-19(15)35(31,32)26(17-10-9-14(24)12-16(17)23)13-34-22(30)25-11-5-7-18(25)20(27)28;1-2-4-3;2-1-4-3;;;;/h2*6,9-10,12,18-19H,2-5,7-8,11,13H2,1H3,(H,27,28);3H,2H2,1H3;1,3H;;;;/q;;;;3*+1;-1/p-2/t2*18-,19?;;;;;;/m00....../s1. The third-order valence-corrected chi connectivity index (χ3v) is 16.6. The zero-order chi connectivity index (χ0) is 58.3. The monoisotopic (exact) mass is 1260 g/mol. The van der Waals surface area contributed by atoms with Gasteiger partial charge in [0.2, 0.25) is 20.0 Å². The number of allylic oxidation sites excluding steroid dienone is 2. The molecule has 2 unspecified atom stereocenters. The number of carboxylic acid groups (broad SMARTS) is 2. The molecule has 2 aromatic rings. The minimum absolute atomic E-state index is 0. The summed E-state index contributed by atoms with van der Waals surface area (Å²) in [6.45, 7) is 3.68. The number of amides is 2. The topological polar surface area (TPSA) is 343 Å². The number of halogens is 4. The largest absolute Gasteiger partial charge is 1.00 e. The number of nitrogens with zero attached hydrogens (tertiary/aromatic N) is 4. The number of rotatable bonds is 18. The third-order valence-electron chi connectivity index (χ3n) is 11.8. The van der Waals surface area contributed by atoms with E-state index < -0.39 is 104 Å². The molecule has 4 atom stereocenters. The van der Waals surface area contributed by atoms with E-state index in [1.54, 1.807) is 20.8 Å². The van der Waals surface area contributed by atoms with Crippen molar-refractivity contribution >= 4 is 97.2 Å². The van der Waals surface area contributed by atoms with E-state index in [1.807, 2.05) is 0 Å². The summed E-state index contributed by atoms with van der Waals surface area (Å²) < 4.78 is 104. The van der Waals surface area contributed by atoms with Crippen LogP contribution in [0.4, 0.5) is 29.7 Å². The number of benzene rings is 2. The molecule has 0 aromatic heterocycles. The van der Waals surface area contributed by atoms with Crippen LogP contribution in [0.2, 0.25) is 10.0 Å². The Balaban J connectivity index is 0. The molecule has 0 bridgehead atoms. The number of carboxylic acids is 2. The average Bonchev–Trinajstić information content (AvgIpc) is 4.13. The summed E-state index contributed by atoms with van der Waals surface area (Å²) in [6.07, 6.45) is 4.32. The van der Waals surface area contributed by atoms with E-state index >= 15 is 0 Å². The number of anilines is 2. The molecule has 2 N–H and O–H groups in total. The maximum atomic E-state index is 13.8. The van der Waals surface area contributed by atoms with Crippen LogP contribution in [0.1, 0.15) is 86.4 Å². The number of ether oxygens (including phenoxy) is 4. The van der Waals surface area contributed by atoms with Crippen LogP contribution in [0.5, 0.6) is 0 Å². The molecule has 4 aliphatic rings. The van der Waals surface area contributed by atoms with Gasteiger partial charge in [0.05, 0.1) is 64.4 Å². The number of hydrogen-bond donors (Lipinski definition) is 2. The summed E-state index contributed by atoms with van der Waals surface area (Å²) in [7, 11) is -8.87. The minimum atomic E-state index is -4.44. The molecule has 0 spiro atoms. The number of carbonyl (C=O) groups excluding carboxylic acids is 6. The molecule has 0 saturated carbocycles. The van der Waals surface area contributed by atoms with E-state index in [-0.39, 0.29) is 181 Å². The van der Waals surface area contributed by atoms with E-state index in [0.29, 0.717) is 53.7 Å². The van der Waals surface area contributed by atoms with Gasteiger partial charge >= 0.3 is 119 Å². The summed E-state index contributed by atoms with van der Waals surface area (Å²) in [6, 6.07) is 3.74. The molecule has 2 heterocycles. The number of hydrogen-bond acceptors (Lipinski definition) is 20. The Morgan fingerprint density at radius 3 is 1.37 bits per heavy atom. The molecule has 2 fully saturated rings. The molecule has 0 radical (unpaired) electrons. The van der Waals surface area contributed by atoms with Crippen LogP contribution in [-0.2, 0) is 72.7 Å². The molecule has 436 valence electrons. The first-order valence-electron chi connectivity index (χ1n) is 23.9. The predicted molar refractivity (Wildman–Crippen MR) is 268 cm³/mol. The van der Waals surface area contributed by atoms with Crippen LogP contribution >= 0.6 is 23.2 Å². The van der Waals surface area contributed by atoms with Crippen LogP contribution in [0.15, 0.2) is 59.7 Å². The Bertz CT molecular complexity index is 2570. The smallest absolute Gasteiger partial charge is 1.00 e. The quantitative estimate of drug-likeness (QED) is 0.0269. The fraction of sp³-hybridized carbons (Fsp3) is 0.511. The number of esters is 2. The van der Waals surface area contributed by atoms with Crippen LogP contribution in [-0.4, -0.2) is 148 Å². The van der Waals surface area contributed by atoms with Crippen molar-refractivity contribution in [3.63, 3.8) is 0 Å². The molecule has 6 rings (SSSR count). The molecule has 2 aromatic carbocycles. The summed E-state index contributed by atoms with van der Waals surface area (Å²) in [5, 5.41) is 33.3. The summed E-state index contributed by atoms with van der Waals surface area (Å²) in [4.78, 5) is 89.6. The zero-order valence-corrected chi connectivity index (χ0v) is 54.4. The van der Waals surface area contributed by atoms with E-state index in [2.05, 4.69) is 9.78 Å². The second kappa shape index (κ2) is 38.6. The van der Waals surface area contributed by atoms with Crippen LogP contribution in [0.3, 0.4) is 0 Å². The van der Waals surface area contributed by atoms with Gasteiger partial charge in [-0.25, -0.2) is 63.1 Å². The van der Waals surface area contributed by atoms with Gasteiger partial charge in [0.15, 0.2) is 13.5 Å². The van der Waals surface area contributed by atoms with Crippen molar-refractivity contribution in [1.29, 1.82) is 0 Å². The first kappa shape index (κ1) is 77.6. The fourth-order valence-electron chi connectivity index (χ4n) is 8.27. The van der Waals surface area contributed by atoms with Gasteiger partial charge < -0.3 is 45.5 Å². The van der Waals surface area contributed by atoms with Gasteiger partial charge in [-0.15, -0.1) is 0 Å². The maximum absolute atomic E-state index is 13.8. The van der Waals surface area contributed by atoms with Crippen molar-refractivity contribution in [2.45, 2.75) is 108 Å². The van der Waals surface area contributed by atoms with Crippen LogP contribution < -0.4 is 108 Å². The molecule has 34 heteroatoms. The Labute approximate surface area is 544 Å². The van der Waals surface area contributed by atoms with Gasteiger partial charge in [0.1, 0.15) is 28.2 Å². The van der Waals surface area contributed by atoms with E-state index in [1.165, 1.54) is 12.2 Å². The van der Waals surface area contributed by atoms with Crippen molar-refractivity contribution in [2.75, 3.05) is 55.0 Å². The van der Waals surface area contributed by atoms with Crippen molar-refractivity contribution in [1.82, 2.24) is 9.80 Å². The Morgan fingerprint density at radius 2 is 1.05 bits per heavy atom. The van der Waals surface area contributed by atoms with Crippen molar-refractivity contribution in [3.8, 4) is 0 Å². The molecule has 2 aliphatic carbocycles. The Kier molecular flexibility index (Phi) is 36.9. The van der Waals surface area contributed by atoms with Crippen molar-refractivity contribution in [2.24, 2.45) is 0 Å². The summed E-state index contributed by atoms with van der Waals surface area (Å²) in [5.41, 5.74) is -0.430. The molecule has 2 amide bonds. The number of aliphatic carboxylic acids is 2. The summed E-state index contributed by atoms with van der Waals surface area (Å²) in [5.74, 6) is -5.62. The fourth-order valence-corrected chi connectivity index (χ4v) is 12.7. The van der Waals surface area contributed by atoms with E-state index in [4.69, 9.17) is 57.5 Å². The van der Waals surface area contributed by atoms with E-state index in [0.717, 1.165) is 46.2 Å². The number of carbonyl (C=O) groups is 7. The van der Waals surface area contributed by atoms with Crippen molar-refractivity contribution in [3.05, 3.63) is 81.4 Å².